The summed E-state index contributed by atoms with van der Waals surface area (Å²) in [5.74, 6) is -2.29. The van der Waals surface area contributed by atoms with Gasteiger partial charge in [0.15, 0.2) is 0 Å². The van der Waals surface area contributed by atoms with Crippen LogP contribution in [0.1, 0.15) is 15.9 Å². The van der Waals surface area contributed by atoms with Crippen LogP contribution < -0.4 is 9.97 Å². The van der Waals surface area contributed by atoms with Crippen LogP contribution in [-0.4, -0.2) is 46.7 Å². The van der Waals surface area contributed by atoms with Crippen molar-refractivity contribution in [3.05, 3.63) is 29.1 Å². The maximum absolute atomic E-state index is 13.6. The monoisotopic (exact) mass is 297 g/mol. The first-order valence-electron chi connectivity index (χ1n) is 6.32. The van der Waals surface area contributed by atoms with Gasteiger partial charge in [0.1, 0.15) is 17.1 Å². The highest BCUT2D eigenvalue weighted by atomic mass is 32.2. The number of hydrogen-bond acceptors (Lipinski definition) is 5. The van der Waals surface area contributed by atoms with Crippen molar-refractivity contribution in [1.29, 1.82) is 0 Å². The van der Waals surface area contributed by atoms with Crippen molar-refractivity contribution in [2.24, 2.45) is 0 Å². The van der Waals surface area contributed by atoms with Crippen LogP contribution in [0.4, 0.5) is 4.39 Å². The Morgan fingerprint density at radius 2 is 2.25 bits per heavy atom. The van der Waals surface area contributed by atoms with E-state index < -0.39 is 24.5 Å². The van der Waals surface area contributed by atoms with E-state index in [0.29, 0.717) is 17.2 Å². The zero-order valence-electron chi connectivity index (χ0n) is 10.5. The zero-order valence-corrected chi connectivity index (χ0v) is 11.3. The number of hydrogen-bond donors (Lipinski definition) is 3. The summed E-state index contributed by atoms with van der Waals surface area (Å²) in [7, 11) is -1.12. The molecule has 1 atom stereocenters. The van der Waals surface area contributed by atoms with Crippen LogP contribution in [0.3, 0.4) is 0 Å². The number of benzene rings is 1. The minimum absolute atomic E-state index is 0.0476. The van der Waals surface area contributed by atoms with Crippen LogP contribution >= 0.6 is 11.8 Å². The quantitative estimate of drug-likeness (QED) is 0.707. The molecule has 0 spiro atoms. The van der Waals surface area contributed by atoms with Gasteiger partial charge in [-0.25, -0.2) is 9.18 Å². The largest absolute Gasteiger partial charge is 0.536 e. The SMILES string of the molecule is O=C(O)c1c(F)ccc2c1OB(O)C(SC1CNC1)C2. The van der Waals surface area contributed by atoms with Crippen LogP contribution in [0, 0.1) is 5.82 Å². The fourth-order valence-corrected chi connectivity index (χ4v) is 3.72. The molecule has 20 heavy (non-hydrogen) atoms. The van der Waals surface area contributed by atoms with Gasteiger partial charge in [-0.05, 0) is 18.1 Å². The number of rotatable bonds is 3. The predicted molar refractivity (Wildman–Crippen MR) is 73.7 cm³/mol. The topological polar surface area (TPSA) is 78.8 Å². The Morgan fingerprint density at radius 1 is 1.50 bits per heavy atom. The van der Waals surface area contributed by atoms with Gasteiger partial charge >= 0.3 is 13.1 Å². The molecule has 0 radical (unpaired) electrons. The highest BCUT2D eigenvalue weighted by Gasteiger charge is 2.40. The maximum atomic E-state index is 13.6. The highest BCUT2D eigenvalue weighted by Crippen LogP contribution is 2.36. The van der Waals surface area contributed by atoms with Crippen molar-refractivity contribution in [2.75, 3.05) is 13.1 Å². The lowest BCUT2D eigenvalue weighted by Crippen LogP contribution is -2.49. The molecular weight excluding hydrogens is 284 g/mol. The van der Waals surface area contributed by atoms with Crippen LogP contribution in [0.25, 0.3) is 0 Å². The third-order valence-corrected chi connectivity index (χ3v) is 4.96. The normalized spacial score (nSPS) is 21.9. The summed E-state index contributed by atoms with van der Waals surface area (Å²) in [6, 6.07) is 2.66. The molecule has 0 saturated carbocycles. The second kappa shape index (κ2) is 5.27. The van der Waals surface area contributed by atoms with Gasteiger partial charge in [-0.3, -0.25) is 0 Å². The molecular formula is C12H13BFNO4S. The number of nitrogens with one attached hydrogen (secondary N) is 1. The lowest BCUT2D eigenvalue weighted by molar-refractivity contribution is 0.0689. The summed E-state index contributed by atoms with van der Waals surface area (Å²) in [4.78, 5) is 11.1. The van der Waals surface area contributed by atoms with Gasteiger partial charge in [0, 0.05) is 18.3 Å². The first-order chi connectivity index (χ1) is 9.56. The smallest absolute Gasteiger partial charge is 0.535 e. The van der Waals surface area contributed by atoms with E-state index in [-0.39, 0.29) is 10.9 Å². The van der Waals surface area contributed by atoms with Crippen LogP contribution in [0.2, 0.25) is 0 Å². The Balaban J connectivity index is 1.87. The lowest BCUT2D eigenvalue weighted by Gasteiger charge is -2.34. The van der Waals surface area contributed by atoms with E-state index in [2.05, 4.69) is 5.32 Å². The molecule has 1 aromatic carbocycles. The van der Waals surface area contributed by atoms with Crippen molar-refractivity contribution in [2.45, 2.75) is 16.8 Å². The minimum Gasteiger partial charge on any atom is -0.535 e. The van der Waals surface area contributed by atoms with E-state index in [1.165, 1.54) is 6.07 Å². The van der Waals surface area contributed by atoms with Crippen molar-refractivity contribution < 1.29 is 24.0 Å². The Bertz CT molecular complexity index is 555. The van der Waals surface area contributed by atoms with E-state index >= 15 is 0 Å². The summed E-state index contributed by atoms with van der Waals surface area (Å²) in [6.45, 7) is 1.79. The molecule has 8 heteroatoms. The van der Waals surface area contributed by atoms with Gasteiger partial charge in [0.2, 0.25) is 0 Å². The number of carboxylic acids is 1. The standard InChI is InChI=1S/C12H13BFNO4S/c14-8-2-1-6-3-9(20-7-4-15-5-7)13(18)19-11(6)10(8)12(16)17/h1-2,7,9,15,18H,3-5H2,(H,16,17). The summed E-state index contributed by atoms with van der Waals surface area (Å²) in [6.07, 6.45) is 0.470. The van der Waals surface area contributed by atoms with Crippen molar-refractivity contribution in [1.82, 2.24) is 5.32 Å². The molecule has 1 unspecified atom stereocenters. The third-order valence-electron chi connectivity index (χ3n) is 3.49. The molecule has 3 rings (SSSR count). The second-order valence-corrected chi connectivity index (χ2v) is 6.43. The Kier molecular flexibility index (Phi) is 3.62. The first-order valence-corrected chi connectivity index (χ1v) is 7.26. The number of aromatic carboxylic acids is 1. The van der Waals surface area contributed by atoms with Crippen LogP contribution in [0.15, 0.2) is 12.1 Å². The Morgan fingerprint density at radius 3 is 2.85 bits per heavy atom. The zero-order chi connectivity index (χ0) is 14.3. The summed E-state index contributed by atoms with van der Waals surface area (Å²) in [5, 5.41) is 22.5. The van der Waals surface area contributed by atoms with Gasteiger partial charge in [-0.1, -0.05) is 6.07 Å². The van der Waals surface area contributed by atoms with Gasteiger partial charge in [-0.2, -0.15) is 11.8 Å². The summed E-state index contributed by atoms with van der Waals surface area (Å²) in [5.41, 5.74) is 0.120. The average Bonchev–Trinajstić information content (AvgIpc) is 2.33. The van der Waals surface area contributed by atoms with E-state index in [9.17, 15) is 14.2 Å². The molecule has 2 aliphatic heterocycles. The van der Waals surface area contributed by atoms with E-state index in [4.69, 9.17) is 9.76 Å². The number of halogens is 1. The molecule has 1 aromatic rings. The molecule has 1 saturated heterocycles. The minimum atomic E-state index is -1.39. The molecule has 2 heterocycles. The Labute approximate surface area is 119 Å². The summed E-state index contributed by atoms with van der Waals surface area (Å²) < 4.78 is 18.9. The fourth-order valence-electron chi connectivity index (χ4n) is 2.33. The van der Waals surface area contributed by atoms with Crippen LogP contribution in [0.5, 0.6) is 5.75 Å². The maximum Gasteiger partial charge on any atom is 0.536 e. The fraction of sp³-hybridized carbons (Fsp3) is 0.417. The molecule has 5 nitrogen and oxygen atoms in total. The van der Waals surface area contributed by atoms with Gasteiger partial charge in [0.05, 0.1) is 5.15 Å². The van der Waals surface area contributed by atoms with Gasteiger partial charge < -0.3 is 20.1 Å². The molecule has 2 aliphatic rings. The molecule has 0 amide bonds. The summed E-state index contributed by atoms with van der Waals surface area (Å²) >= 11 is 1.62. The number of carbonyl (C=O) groups is 1. The third kappa shape index (κ3) is 2.39. The lowest BCUT2D eigenvalue weighted by atomic mass is 9.77. The van der Waals surface area contributed by atoms with Crippen molar-refractivity contribution in [3.8, 4) is 5.75 Å². The average molecular weight is 297 g/mol. The molecule has 1 fully saturated rings. The first kappa shape index (κ1) is 13.7. The molecule has 3 N–H and O–H groups in total. The molecule has 0 bridgehead atoms. The predicted octanol–water partition coefficient (Wildman–Crippen LogP) is 0.552. The van der Waals surface area contributed by atoms with Gasteiger partial charge in [0.25, 0.3) is 0 Å². The number of fused-ring (bicyclic) bond motifs is 1. The van der Waals surface area contributed by atoms with Crippen molar-refractivity contribution in [3.63, 3.8) is 0 Å². The molecule has 106 valence electrons. The molecule has 0 aromatic heterocycles. The van der Waals surface area contributed by atoms with Gasteiger partial charge in [-0.15, -0.1) is 0 Å². The van der Waals surface area contributed by atoms with E-state index in [0.717, 1.165) is 19.2 Å². The van der Waals surface area contributed by atoms with E-state index in [1.54, 1.807) is 11.8 Å². The molecule has 0 aliphatic carbocycles. The number of carboxylic acid groups (broad SMARTS) is 1. The second-order valence-electron chi connectivity index (χ2n) is 4.88. The van der Waals surface area contributed by atoms with E-state index in [1.807, 2.05) is 0 Å². The Hall–Kier alpha value is -1.25. The van der Waals surface area contributed by atoms with Crippen LogP contribution in [-0.2, 0) is 6.42 Å². The number of thioether (sulfide) groups is 1. The van der Waals surface area contributed by atoms with Crippen molar-refractivity contribution >= 4 is 24.8 Å². The highest BCUT2D eigenvalue weighted by molar-refractivity contribution is 8.02.